The zero-order valence-corrected chi connectivity index (χ0v) is 12.6. The molecule has 0 radical (unpaired) electrons. The van der Waals surface area contributed by atoms with Crippen LogP contribution < -0.4 is 9.60 Å². The molecule has 0 atom stereocenters. The first-order chi connectivity index (χ1) is 9.40. The first-order valence-electron chi connectivity index (χ1n) is 5.57. The van der Waals surface area contributed by atoms with Crippen LogP contribution in [-0.4, -0.2) is 24.5 Å². The van der Waals surface area contributed by atoms with Crippen LogP contribution in [0.5, 0.6) is 16.8 Å². The Morgan fingerprint density at radius 1 is 1.30 bits per heavy atom. The van der Waals surface area contributed by atoms with Crippen LogP contribution in [0.3, 0.4) is 0 Å². The average Bonchev–Trinajstić information content (AvgIpc) is 2.83. The Bertz CT molecular complexity index is 778. The van der Waals surface area contributed by atoms with E-state index in [0.717, 1.165) is 16.9 Å². The fraction of sp³-hybridized carbons (Fsp3) is 0.273. The van der Waals surface area contributed by atoms with Crippen molar-refractivity contribution in [3.05, 3.63) is 27.1 Å². The van der Waals surface area contributed by atoms with Gasteiger partial charge in [-0.1, -0.05) is 34.8 Å². The third-order valence-electron chi connectivity index (χ3n) is 2.42. The van der Waals surface area contributed by atoms with Crippen LogP contribution in [0.1, 0.15) is 6.92 Å². The van der Waals surface area contributed by atoms with E-state index in [2.05, 4.69) is 16.8 Å². The number of nitrogens with zero attached hydrogens (tertiary/aromatic N) is 4. The van der Waals surface area contributed by atoms with Gasteiger partial charge in [-0.2, -0.15) is 0 Å². The molecule has 0 unspecified atom stereocenters. The van der Waals surface area contributed by atoms with E-state index in [-0.39, 0.29) is 16.8 Å². The summed E-state index contributed by atoms with van der Waals surface area (Å²) < 4.78 is 2.89. The lowest BCUT2D eigenvalue weighted by Crippen LogP contribution is -2.16. The van der Waals surface area contributed by atoms with Crippen LogP contribution in [0.15, 0.2) is 27.7 Å². The van der Waals surface area contributed by atoms with Crippen molar-refractivity contribution in [3.63, 3.8) is 0 Å². The molecule has 0 spiro atoms. The van der Waals surface area contributed by atoms with Gasteiger partial charge in [-0.3, -0.25) is 9.13 Å². The van der Waals surface area contributed by atoms with E-state index >= 15 is 0 Å². The normalized spacial score (nSPS) is 13.1. The highest BCUT2D eigenvalue weighted by molar-refractivity contribution is 7.11. The summed E-state index contributed by atoms with van der Waals surface area (Å²) in [7, 11) is 1.66. The molecule has 0 amide bonds. The first-order valence-corrected chi connectivity index (χ1v) is 7.27. The third kappa shape index (κ3) is 2.78. The molecule has 0 fully saturated rings. The number of rotatable bonds is 3. The summed E-state index contributed by atoms with van der Waals surface area (Å²) in [5.74, 6) is -0.166. The van der Waals surface area contributed by atoms with E-state index in [9.17, 15) is 15.3 Å². The number of hydrogen-bond acceptors (Lipinski definition) is 7. The van der Waals surface area contributed by atoms with Gasteiger partial charge in [0.05, 0.1) is 5.38 Å². The van der Waals surface area contributed by atoms with Crippen LogP contribution in [-0.2, 0) is 13.6 Å². The predicted octanol–water partition coefficient (Wildman–Crippen LogP) is 1.06. The molecule has 3 N–H and O–H groups in total. The largest absolute Gasteiger partial charge is 0.496 e. The number of thiazole rings is 2. The lowest BCUT2D eigenvalue weighted by molar-refractivity contribution is 0.376. The van der Waals surface area contributed by atoms with Crippen molar-refractivity contribution >= 4 is 22.7 Å². The summed E-state index contributed by atoms with van der Waals surface area (Å²) in [6, 6.07) is 0. The van der Waals surface area contributed by atoms with Gasteiger partial charge in [-0.05, 0) is 6.92 Å². The molecule has 20 heavy (non-hydrogen) atoms. The zero-order chi connectivity index (χ0) is 14.9. The maximum Gasteiger partial charge on any atom is 0.248 e. The van der Waals surface area contributed by atoms with Crippen LogP contribution in [0.4, 0.5) is 0 Å². The van der Waals surface area contributed by atoms with E-state index in [1.165, 1.54) is 20.5 Å². The fourth-order valence-electron chi connectivity index (χ4n) is 1.42. The van der Waals surface area contributed by atoms with Gasteiger partial charge in [-0.15, -0.1) is 10.2 Å². The quantitative estimate of drug-likeness (QED) is 0.584. The average molecular weight is 314 g/mol. The van der Waals surface area contributed by atoms with Gasteiger partial charge in [0.15, 0.2) is 0 Å². The second-order valence-corrected chi connectivity index (χ2v) is 5.98. The van der Waals surface area contributed by atoms with Crippen LogP contribution in [0, 0.1) is 0 Å². The van der Waals surface area contributed by atoms with E-state index in [4.69, 9.17) is 0 Å². The Balaban J connectivity index is 2.55. The standard InChI is InChI=1S/C11H14N4O3S2/c1-6(2)4-15-8(17)9(18)20-11(15)13-12-10-14(3)7(16)5-19-10/h5,16-18H,1,4H2,2-3H3/b12-10-,13-11?. The van der Waals surface area contributed by atoms with Crippen molar-refractivity contribution in [2.75, 3.05) is 0 Å². The Morgan fingerprint density at radius 2 is 1.95 bits per heavy atom. The fourth-order valence-corrected chi connectivity index (χ4v) is 2.84. The van der Waals surface area contributed by atoms with Gasteiger partial charge in [0.1, 0.15) is 0 Å². The van der Waals surface area contributed by atoms with Crippen LogP contribution >= 0.6 is 22.7 Å². The van der Waals surface area contributed by atoms with E-state index in [1.54, 1.807) is 19.4 Å². The van der Waals surface area contributed by atoms with Gasteiger partial charge in [0, 0.05) is 13.6 Å². The maximum absolute atomic E-state index is 9.76. The minimum Gasteiger partial charge on any atom is -0.496 e. The lowest BCUT2D eigenvalue weighted by atomic mass is 10.3. The molecule has 0 saturated carbocycles. The van der Waals surface area contributed by atoms with E-state index in [1.807, 2.05) is 0 Å². The molecule has 0 aliphatic carbocycles. The minimum absolute atomic E-state index is 0.0932. The highest BCUT2D eigenvalue weighted by Gasteiger charge is 2.11. The summed E-state index contributed by atoms with van der Waals surface area (Å²) in [6.07, 6.45) is 0. The summed E-state index contributed by atoms with van der Waals surface area (Å²) in [5, 5.41) is 38.1. The number of aromatic nitrogens is 2. The summed E-state index contributed by atoms with van der Waals surface area (Å²) in [6.45, 7) is 5.90. The van der Waals surface area contributed by atoms with Crippen LogP contribution in [0.2, 0.25) is 0 Å². The number of allylic oxidation sites excluding steroid dienone is 1. The van der Waals surface area contributed by atoms with Gasteiger partial charge >= 0.3 is 0 Å². The maximum atomic E-state index is 9.76. The Hall–Kier alpha value is -2.00. The Labute approximate surface area is 122 Å². The smallest absolute Gasteiger partial charge is 0.248 e. The molecule has 0 bridgehead atoms. The minimum atomic E-state index is -0.259. The van der Waals surface area contributed by atoms with Gasteiger partial charge < -0.3 is 15.3 Å². The first kappa shape index (κ1) is 14.4. The monoisotopic (exact) mass is 314 g/mol. The van der Waals surface area contributed by atoms with Crippen molar-refractivity contribution in [1.82, 2.24) is 9.13 Å². The zero-order valence-electron chi connectivity index (χ0n) is 10.9. The molecule has 0 aliphatic heterocycles. The molecule has 7 nitrogen and oxygen atoms in total. The van der Waals surface area contributed by atoms with Crippen molar-refractivity contribution in [2.45, 2.75) is 13.5 Å². The Kier molecular flexibility index (Phi) is 4.00. The number of hydrogen-bond donors (Lipinski definition) is 3. The molecule has 2 rings (SSSR count). The van der Waals surface area contributed by atoms with Crippen LogP contribution in [0.25, 0.3) is 0 Å². The summed E-state index contributed by atoms with van der Waals surface area (Å²) in [5.41, 5.74) is 0.805. The molecule has 0 saturated heterocycles. The van der Waals surface area contributed by atoms with Crippen molar-refractivity contribution in [2.24, 2.45) is 17.3 Å². The SMILES string of the molecule is C=C(C)Cn1c(O)c(O)sc1=N/N=c1\scc(O)n1C. The predicted molar refractivity (Wildman–Crippen MR) is 76.5 cm³/mol. The van der Waals surface area contributed by atoms with Crippen molar-refractivity contribution in [3.8, 4) is 16.8 Å². The molecular weight excluding hydrogens is 300 g/mol. The molecule has 0 aliphatic rings. The summed E-state index contributed by atoms with van der Waals surface area (Å²) in [4.78, 5) is 0.840. The second kappa shape index (κ2) is 5.55. The molecule has 2 aromatic heterocycles. The number of aromatic hydroxyl groups is 3. The molecule has 2 aromatic rings. The van der Waals surface area contributed by atoms with E-state index in [0.29, 0.717) is 16.1 Å². The van der Waals surface area contributed by atoms with Gasteiger partial charge in [-0.25, -0.2) is 0 Å². The van der Waals surface area contributed by atoms with Gasteiger partial charge in [0.25, 0.3) is 0 Å². The molecule has 9 heteroatoms. The molecule has 2 heterocycles. The van der Waals surface area contributed by atoms with Gasteiger partial charge in [0.2, 0.25) is 26.4 Å². The van der Waals surface area contributed by atoms with Crippen molar-refractivity contribution in [1.29, 1.82) is 0 Å². The third-order valence-corrected chi connectivity index (χ3v) is 4.17. The summed E-state index contributed by atoms with van der Waals surface area (Å²) >= 11 is 2.15. The second-order valence-electron chi connectivity index (χ2n) is 4.19. The molecular formula is C11H14N4O3S2. The lowest BCUT2D eigenvalue weighted by Gasteiger charge is -2.02. The topological polar surface area (TPSA) is 95.3 Å². The van der Waals surface area contributed by atoms with E-state index < -0.39 is 0 Å². The molecule has 108 valence electrons. The van der Waals surface area contributed by atoms with Crippen molar-refractivity contribution < 1.29 is 15.3 Å². The highest BCUT2D eigenvalue weighted by Crippen LogP contribution is 2.27. The Morgan fingerprint density at radius 3 is 2.50 bits per heavy atom. The molecule has 0 aromatic carbocycles. The highest BCUT2D eigenvalue weighted by atomic mass is 32.1.